The standard InChI is InChI=1S/C17H16F2N4O3S/c1-2-22-15(25)17(6-3-7-17)23(16(22)26)8-11-20-21-14(27-11)9-4-5-10(18)13(24)12(9)19/h4-5,24H,2-3,6-8H2,1H3. The summed E-state index contributed by atoms with van der Waals surface area (Å²) in [6.07, 6.45) is 2.09. The molecule has 3 amide bonds. The summed E-state index contributed by atoms with van der Waals surface area (Å²) in [6, 6.07) is 1.76. The summed E-state index contributed by atoms with van der Waals surface area (Å²) in [6.45, 7) is 2.14. The third kappa shape index (κ3) is 2.50. The van der Waals surface area contributed by atoms with Gasteiger partial charge in [0.2, 0.25) is 0 Å². The predicted octanol–water partition coefficient (Wildman–Crippen LogP) is 2.90. The van der Waals surface area contributed by atoms with E-state index in [2.05, 4.69) is 10.2 Å². The van der Waals surface area contributed by atoms with Crippen LogP contribution in [-0.2, 0) is 11.3 Å². The van der Waals surface area contributed by atoms with Crippen molar-refractivity contribution in [3.63, 3.8) is 0 Å². The van der Waals surface area contributed by atoms with Gasteiger partial charge >= 0.3 is 6.03 Å². The number of amides is 3. The first kappa shape index (κ1) is 17.8. The minimum absolute atomic E-state index is 0.0741. The normalized spacial score (nSPS) is 18.5. The Balaban J connectivity index is 1.62. The Morgan fingerprint density at radius 3 is 2.63 bits per heavy atom. The van der Waals surface area contributed by atoms with E-state index in [4.69, 9.17) is 0 Å². The van der Waals surface area contributed by atoms with Crippen molar-refractivity contribution in [2.24, 2.45) is 0 Å². The highest BCUT2D eigenvalue weighted by Crippen LogP contribution is 2.45. The Bertz CT molecular complexity index is 944. The monoisotopic (exact) mass is 394 g/mol. The molecule has 1 spiro atoms. The Labute approximate surface area is 157 Å². The van der Waals surface area contributed by atoms with E-state index in [1.54, 1.807) is 6.92 Å². The molecule has 1 aliphatic carbocycles. The number of hydrogen-bond donors (Lipinski definition) is 1. The average molecular weight is 394 g/mol. The molecule has 2 aliphatic rings. The highest BCUT2D eigenvalue weighted by atomic mass is 32.1. The van der Waals surface area contributed by atoms with Crippen LogP contribution in [0.5, 0.6) is 5.75 Å². The molecule has 4 rings (SSSR count). The number of carbonyl (C=O) groups excluding carboxylic acids is 2. The van der Waals surface area contributed by atoms with Crippen molar-refractivity contribution in [3.05, 3.63) is 28.8 Å². The number of carbonyl (C=O) groups is 2. The number of aromatic hydroxyl groups is 1. The van der Waals surface area contributed by atoms with E-state index in [-0.39, 0.29) is 29.1 Å². The number of halogens is 2. The van der Waals surface area contributed by atoms with Crippen LogP contribution in [0.2, 0.25) is 0 Å². The van der Waals surface area contributed by atoms with Crippen molar-refractivity contribution in [2.75, 3.05) is 6.54 Å². The number of likely N-dealkylation sites (N-methyl/N-ethyl adjacent to an activating group) is 1. The van der Waals surface area contributed by atoms with Crippen molar-refractivity contribution < 1.29 is 23.5 Å². The Morgan fingerprint density at radius 1 is 1.26 bits per heavy atom. The van der Waals surface area contributed by atoms with Gasteiger partial charge in [0, 0.05) is 6.54 Å². The molecule has 2 heterocycles. The smallest absolute Gasteiger partial charge is 0.328 e. The van der Waals surface area contributed by atoms with Gasteiger partial charge in [0.1, 0.15) is 10.5 Å². The zero-order valence-corrected chi connectivity index (χ0v) is 15.2. The van der Waals surface area contributed by atoms with Crippen LogP contribution in [0.15, 0.2) is 12.1 Å². The summed E-state index contributed by atoms with van der Waals surface area (Å²) in [7, 11) is 0. The molecule has 0 bridgehead atoms. The van der Waals surface area contributed by atoms with Crippen LogP contribution in [0, 0.1) is 11.6 Å². The van der Waals surface area contributed by atoms with E-state index in [1.807, 2.05) is 0 Å². The lowest BCUT2D eigenvalue weighted by atomic mass is 9.75. The third-order valence-electron chi connectivity index (χ3n) is 5.18. The number of imide groups is 1. The molecule has 1 aromatic heterocycles. The summed E-state index contributed by atoms with van der Waals surface area (Å²) in [5.74, 6) is -3.43. The molecule has 1 saturated heterocycles. The Morgan fingerprint density at radius 2 is 2.00 bits per heavy atom. The van der Waals surface area contributed by atoms with Gasteiger partial charge in [-0.1, -0.05) is 11.3 Å². The summed E-state index contributed by atoms with van der Waals surface area (Å²) >= 11 is 1.03. The molecule has 1 aromatic carbocycles. The molecule has 142 valence electrons. The van der Waals surface area contributed by atoms with Gasteiger partial charge in [-0.25, -0.2) is 13.6 Å². The minimum Gasteiger partial charge on any atom is -0.503 e. The topological polar surface area (TPSA) is 86.6 Å². The SMILES string of the molecule is CCN1C(=O)N(Cc2nnc(-c3ccc(F)c(O)c3F)s2)C2(CCC2)C1=O. The van der Waals surface area contributed by atoms with Crippen molar-refractivity contribution in [1.29, 1.82) is 0 Å². The first-order chi connectivity index (χ1) is 12.9. The fraction of sp³-hybridized carbons (Fsp3) is 0.412. The second-order valence-corrected chi connectivity index (χ2v) is 7.62. The van der Waals surface area contributed by atoms with Gasteiger partial charge in [-0.15, -0.1) is 10.2 Å². The number of phenolic OH excluding ortho intramolecular Hbond substituents is 1. The van der Waals surface area contributed by atoms with Crippen molar-refractivity contribution in [2.45, 2.75) is 38.3 Å². The van der Waals surface area contributed by atoms with Crippen molar-refractivity contribution in [3.8, 4) is 16.3 Å². The van der Waals surface area contributed by atoms with Gasteiger partial charge in [-0.3, -0.25) is 9.69 Å². The molecule has 27 heavy (non-hydrogen) atoms. The molecular weight excluding hydrogens is 378 g/mol. The van der Waals surface area contributed by atoms with E-state index in [0.717, 1.165) is 23.8 Å². The first-order valence-electron chi connectivity index (χ1n) is 8.52. The second kappa shape index (κ2) is 6.22. The van der Waals surface area contributed by atoms with Crippen LogP contribution in [0.3, 0.4) is 0 Å². The maximum absolute atomic E-state index is 14.1. The second-order valence-electron chi connectivity index (χ2n) is 6.56. The Kier molecular flexibility index (Phi) is 4.10. The summed E-state index contributed by atoms with van der Waals surface area (Å²) in [5.41, 5.74) is -0.881. The molecule has 2 aromatic rings. The quantitative estimate of drug-likeness (QED) is 0.806. The van der Waals surface area contributed by atoms with Crippen molar-refractivity contribution in [1.82, 2.24) is 20.0 Å². The number of hydrogen-bond acceptors (Lipinski definition) is 6. The van der Waals surface area contributed by atoms with Gasteiger partial charge in [-0.2, -0.15) is 0 Å². The molecule has 0 atom stereocenters. The van der Waals surface area contributed by atoms with Crippen LogP contribution < -0.4 is 0 Å². The van der Waals surface area contributed by atoms with Crippen LogP contribution in [0.4, 0.5) is 13.6 Å². The number of nitrogens with zero attached hydrogens (tertiary/aromatic N) is 4. The predicted molar refractivity (Wildman–Crippen MR) is 91.8 cm³/mol. The maximum atomic E-state index is 14.1. The molecular formula is C17H16F2N4O3S. The van der Waals surface area contributed by atoms with Gasteiger partial charge < -0.3 is 10.0 Å². The van der Waals surface area contributed by atoms with E-state index in [9.17, 15) is 23.5 Å². The van der Waals surface area contributed by atoms with Crippen LogP contribution in [-0.4, -0.2) is 49.1 Å². The van der Waals surface area contributed by atoms with Crippen molar-refractivity contribution >= 4 is 23.3 Å². The fourth-order valence-electron chi connectivity index (χ4n) is 3.54. The summed E-state index contributed by atoms with van der Waals surface area (Å²) in [5, 5.41) is 17.9. The number of aromatic nitrogens is 2. The summed E-state index contributed by atoms with van der Waals surface area (Å²) < 4.78 is 27.3. The van der Waals surface area contributed by atoms with Gasteiger partial charge in [-0.05, 0) is 38.3 Å². The van der Waals surface area contributed by atoms with Crippen LogP contribution >= 0.6 is 11.3 Å². The van der Waals surface area contributed by atoms with E-state index >= 15 is 0 Å². The molecule has 2 fully saturated rings. The number of urea groups is 1. The lowest BCUT2D eigenvalue weighted by Crippen LogP contribution is -2.54. The molecule has 0 unspecified atom stereocenters. The third-order valence-corrected chi connectivity index (χ3v) is 6.12. The molecule has 10 heteroatoms. The molecule has 0 radical (unpaired) electrons. The van der Waals surface area contributed by atoms with E-state index < -0.39 is 22.9 Å². The Hall–Kier alpha value is -2.62. The van der Waals surface area contributed by atoms with Crippen LogP contribution in [0.25, 0.3) is 10.6 Å². The number of benzene rings is 1. The highest BCUT2D eigenvalue weighted by molar-refractivity contribution is 7.14. The zero-order chi connectivity index (χ0) is 19.3. The zero-order valence-electron chi connectivity index (χ0n) is 14.4. The molecule has 7 nitrogen and oxygen atoms in total. The molecule has 1 aliphatic heterocycles. The van der Waals surface area contributed by atoms with Gasteiger partial charge in [0.05, 0.1) is 12.1 Å². The largest absolute Gasteiger partial charge is 0.503 e. The highest BCUT2D eigenvalue weighted by Gasteiger charge is 2.59. The lowest BCUT2D eigenvalue weighted by Gasteiger charge is -2.41. The van der Waals surface area contributed by atoms with Gasteiger partial charge in [0.15, 0.2) is 22.4 Å². The maximum Gasteiger partial charge on any atom is 0.328 e. The number of rotatable bonds is 4. The minimum atomic E-state index is -1.11. The van der Waals surface area contributed by atoms with Gasteiger partial charge in [0.25, 0.3) is 5.91 Å². The molecule has 1 N–H and O–H groups in total. The first-order valence-corrected chi connectivity index (χ1v) is 9.34. The fourth-order valence-corrected chi connectivity index (χ4v) is 4.39. The molecule has 1 saturated carbocycles. The van der Waals surface area contributed by atoms with Crippen LogP contribution in [0.1, 0.15) is 31.2 Å². The lowest BCUT2D eigenvalue weighted by molar-refractivity contribution is -0.137. The number of phenols is 1. The summed E-state index contributed by atoms with van der Waals surface area (Å²) in [4.78, 5) is 28.0. The van der Waals surface area contributed by atoms with E-state index in [1.165, 1.54) is 15.9 Å². The average Bonchev–Trinajstić information content (AvgIpc) is 3.14. The van der Waals surface area contributed by atoms with E-state index in [0.29, 0.717) is 24.4 Å².